The fourth-order valence-electron chi connectivity index (χ4n) is 6.33. The zero-order valence-electron chi connectivity index (χ0n) is 22.6. The van der Waals surface area contributed by atoms with Gasteiger partial charge in [-0.3, -0.25) is 0 Å². The Morgan fingerprint density at radius 1 is 0.721 bits per heavy atom. The minimum atomic E-state index is -5.03. The molecule has 0 radical (unpaired) electrons. The zero-order valence-corrected chi connectivity index (χ0v) is 24.8. The monoisotopic (exact) mass is 724 g/mol. The van der Waals surface area contributed by atoms with Crippen LogP contribution in [0.3, 0.4) is 0 Å². The maximum absolute atomic E-state index is 15.1. The molecule has 2 fully saturated rings. The van der Waals surface area contributed by atoms with Gasteiger partial charge in [0.15, 0.2) is 5.82 Å². The second-order valence-electron chi connectivity index (χ2n) is 11.3. The van der Waals surface area contributed by atoms with E-state index in [4.69, 9.17) is 4.74 Å². The number of benzene rings is 3. The quantitative estimate of drug-likeness (QED) is 0.110. The summed E-state index contributed by atoms with van der Waals surface area (Å²) in [4.78, 5) is 0. The second kappa shape index (κ2) is 12.4. The minimum Gasteiger partial charge on any atom is -0.432 e. The van der Waals surface area contributed by atoms with Crippen molar-refractivity contribution in [3.8, 4) is 28.7 Å². The highest BCUT2D eigenvalue weighted by Crippen LogP contribution is 2.46. The van der Waals surface area contributed by atoms with Crippen molar-refractivity contribution in [3.63, 3.8) is 0 Å². The van der Waals surface area contributed by atoms with Gasteiger partial charge in [0.25, 0.3) is 0 Å². The van der Waals surface area contributed by atoms with Crippen molar-refractivity contribution >= 4 is 33.4 Å². The number of fused-ring (bicyclic) bond motifs is 1. The lowest BCUT2D eigenvalue weighted by molar-refractivity contribution is -0.224. The molecule has 0 heterocycles. The van der Waals surface area contributed by atoms with Gasteiger partial charge >= 0.3 is 12.3 Å². The Kier molecular flexibility index (Phi) is 9.17. The fourth-order valence-corrected chi connectivity index (χ4v) is 7.04. The van der Waals surface area contributed by atoms with Crippen LogP contribution in [-0.2, 0) is 0 Å². The minimum absolute atomic E-state index is 0.177. The van der Waals surface area contributed by atoms with E-state index >= 15 is 13.2 Å². The van der Waals surface area contributed by atoms with E-state index in [0.29, 0.717) is 53.6 Å². The molecule has 0 unspecified atom stereocenters. The van der Waals surface area contributed by atoms with Crippen LogP contribution < -0.4 is 4.74 Å². The molecule has 0 aromatic heterocycles. The van der Waals surface area contributed by atoms with Gasteiger partial charge in [-0.15, -0.1) is 0 Å². The van der Waals surface area contributed by atoms with Gasteiger partial charge in [-0.05, 0) is 104 Å². The van der Waals surface area contributed by atoms with Crippen molar-refractivity contribution in [1.82, 2.24) is 0 Å². The van der Waals surface area contributed by atoms with Crippen molar-refractivity contribution in [2.45, 2.75) is 67.6 Å². The summed E-state index contributed by atoms with van der Waals surface area (Å²) < 4.78 is 132. The summed E-state index contributed by atoms with van der Waals surface area (Å²) in [5, 5.41) is -1.23. The molecular formula is C32H26F9IO. The molecule has 2 aliphatic rings. The number of hydrogen-bond donors (Lipinski definition) is 0. The number of alkyl halides is 6. The Balaban J connectivity index is 1.32. The summed E-state index contributed by atoms with van der Waals surface area (Å²) in [6.45, 7) is 0. The standard InChI is InChI=1S/C32H26F9IO/c33-26-15-20-13-19(14-28(35)29(20)30(36)25(26)11-12-31(37,38)39)24-10-9-23(16-27(24)34)43-32(40,41)21-5-1-17(2-6-21)18-3-7-22(42)8-4-18/h9-10,13-18,21-22H,1-8H2. The molecule has 1 nitrogen and oxygen atoms in total. The highest BCUT2D eigenvalue weighted by atomic mass is 127. The van der Waals surface area contributed by atoms with Crippen molar-refractivity contribution in [2.75, 3.05) is 0 Å². The van der Waals surface area contributed by atoms with Crippen LogP contribution in [0.2, 0.25) is 0 Å². The molecule has 0 atom stereocenters. The van der Waals surface area contributed by atoms with E-state index in [2.05, 4.69) is 22.6 Å². The van der Waals surface area contributed by atoms with E-state index in [0.717, 1.165) is 55.9 Å². The van der Waals surface area contributed by atoms with Crippen LogP contribution in [0.5, 0.6) is 5.75 Å². The van der Waals surface area contributed by atoms with Gasteiger partial charge in [0.2, 0.25) is 0 Å². The Labute approximate surface area is 256 Å². The van der Waals surface area contributed by atoms with E-state index in [1.54, 1.807) is 0 Å². The molecule has 11 heteroatoms. The molecule has 2 saturated carbocycles. The third kappa shape index (κ3) is 7.21. The molecule has 5 rings (SSSR count). The third-order valence-corrected chi connectivity index (χ3v) is 9.78. The number of ether oxygens (including phenoxy) is 1. The van der Waals surface area contributed by atoms with E-state index in [1.165, 1.54) is 5.92 Å². The molecule has 3 aromatic carbocycles. The molecular weight excluding hydrogens is 698 g/mol. The lowest BCUT2D eigenvalue weighted by atomic mass is 9.71. The average Bonchev–Trinajstić information content (AvgIpc) is 2.92. The van der Waals surface area contributed by atoms with Crippen molar-refractivity contribution < 1.29 is 44.3 Å². The van der Waals surface area contributed by atoms with Gasteiger partial charge in [-0.25, -0.2) is 17.6 Å². The molecule has 2 aliphatic carbocycles. The lowest BCUT2D eigenvalue weighted by Gasteiger charge is -2.38. The zero-order chi connectivity index (χ0) is 31.1. The average molecular weight is 724 g/mol. The van der Waals surface area contributed by atoms with Crippen LogP contribution in [0.4, 0.5) is 39.5 Å². The topological polar surface area (TPSA) is 9.23 Å². The Hall–Kier alpha value is -2.62. The SMILES string of the molecule is Fc1cc(OC(F)(F)C2CCC(C3CCC(I)CC3)CC2)ccc1-c1cc(F)c2c(F)c(C#CC(F)(F)F)c(F)cc2c1. The molecule has 230 valence electrons. The van der Waals surface area contributed by atoms with Crippen LogP contribution in [0.25, 0.3) is 21.9 Å². The van der Waals surface area contributed by atoms with E-state index in [1.807, 2.05) is 0 Å². The number of hydrogen-bond acceptors (Lipinski definition) is 1. The second-order valence-corrected chi connectivity index (χ2v) is 13.0. The summed E-state index contributed by atoms with van der Waals surface area (Å²) in [7, 11) is 0. The maximum atomic E-state index is 15.1. The third-order valence-electron chi connectivity index (χ3n) is 8.53. The molecule has 43 heavy (non-hydrogen) atoms. The molecule has 3 aromatic rings. The predicted molar refractivity (Wildman–Crippen MR) is 153 cm³/mol. The van der Waals surface area contributed by atoms with Crippen molar-refractivity contribution in [1.29, 1.82) is 0 Å². The van der Waals surface area contributed by atoms with Gasteiger partial charge < -0.3 is 4.74 Å². The summed E-state index contributed by atoms with van der Waals surface area (Å²) in [5.41, 5.74) is -1.70. The van der Waals surface area contributed by atoms with Gasteiger partial charge in [-0.2, -0.15) is 22.0 Å². The molecule has 0 N–H and O–H groups in total. The first-order valence-corrected chi connectivity index (χ1v) is 15.2. The summed E-state index contributed by atoms with van der Waals surface area (Å²) >= 11 is 2.46. The lowest BCUT2D eigenvalue weighted by Crippen LogP contribution is -2.38. The predicted octanol–water partition coefficient (Wildman–Crippen LogP) is 10.7. The highest BCUT2D eigenvalue weighted by molar-refractivity contribution is 14.1. The van der Waals surface area contributed by atoms with Gasteiger partial charge in [-0.1, -0.05) is 28.5 Å². The smallest absolute Gasteiger partial charge is 0.432 e. The van der Waals surface area contributed by atoms with E-state index in [-0.39, 0.29) is 11.1 Å². The van der Waals surface area contributed by atoms with Crippen molar-refractivity contribution in [2.24, 2.45) is 17.8 Å². The summed E-state index contributed by atoms with van der Waals surface area (Å²) in [6.07, 6.45) is -1.99. The number of halogens is 10. The summed E-state index contributed by atoms with van der Waals surface area (Å²) in [6, 6.07) is 5.24. The van der Waals surface area contributed by atoms with Gasteiger partial charge in [0.1, 0.15) is 23.2 Å². The first kappa shape index (κ1) is 31.8. The molecule has 0 saturated heterocycles. The van der Waals surface area contributed by atoms with E-state index in [9.17, 15) is 26.3 Å². The van der Waals surface area contributed by atoms with Crippen LogP contribution in [0.1, 0.15) is 56.9 Å². The first-order chi connectivity index (χ1) is 20.2. The van der Waals surface area contributed by atoms with Gasteiger partial charge in [0, 0.05) is 21.5 Å². The van der Waals surface area contributed by atoms with Crippen LogP contribution in [-0.4, -0.2) is 16.2 Å². The number of rotatable bonds is 5. The fraction of sp³-hybridized carbons (Fsp3) is 0.438. The Bertz CT molecular complexity index is 1560. The molecule has 0 spiro atoms. The Morgan fingerprint density at radius 2 is 1.35 bits per heavy atom. The Morgan fingerprint density at radius 3 is 1.95 bits per heavy atom. The van der Waals surface area contributed by atoms with Crippen LogP contribution in [0.15, 0.2) is 36.4 Å². The van der Waals surface area contributed by atoms with Crippen LogP contribution in [0, 0.1) is 52.9 Å². The van der Waals surface area contributed by atoms with E-state index < -0.39 is 63.6 Å². The molecule has 0 bridgehead atoms. The van der Waals surface area contributed by atoms with Gasteiger partial charge in [0.05, 0.1) is 16.9 Å². The largest absolute Gasteiger partial charge is 0.458 e. The van der Waals surface area contributed by atoms with Crippen LogP contribution >= 0.6 is 22.6 Å². The van der Waals surface area contributed by atoms with Crippen molar-refractivity contribution in [3.05, 3.63) is 65.2 Å². The molecule has 0 aliphatic heterocycles. The maximum Gasteiger partial charge on any atom is 0.458 e. The first-order valence-electron chi connectivity index (χ1n) is 13.9. The summed E-state index contributed by atoms with van der Waals surface area (Å²) in [5.74, 6) is -3.82. The highest BCUT2D eigenvalue weighted by Gasteiger charge is 2.45. The normalized spacial score (nSPS) is 23.1. The molecule has 0 amide bonds.